The summed E-state index contributed by atoms with van der Waals surface area (Å²) in [5, 5.41) is 9.17. The normalized spacial score (nSPS) is 10.6. The number of ketones is 1. The summed E-state index contributed by atoms with van der Waals surface area (Å²) >= 11 is 0. The van der Waals surface area contributed by atoms with Crippen LogP contribution in [0, 0.1) is 11.3 Å². The number of carbonyl (C=O) groups is 3. The average molecular weight is 788 g/mol. The number of rotatable bonds is 21. The third-order valence-electron chi connectivity index (χ3n) is 8.76. The zero-order valence-electron chi connectivity index (χ0n) is 32.9. The topological polar surface area (TPSA) is 149 Å². The minimum atomic E-state index is -0.385. The van der Waals surface area contributed by atoms with Crippen LogP contribution in [0.4, 0.5) is 0 Å². The number of methoxy groups -OCH3 is 2. The Bertz CT molecular complexity index is 2210. The van der Waals surface area contributed by atoms with E-state index in [4.69, 9.17) is 43.2 Å². The highest BCUT2D eigenvalue weighted by Crippen LogP contribution is 2.38. The fraction of sp³-hybridized carbons (Fsp3) is 0.261. The molecule has 0 saturated heterocycles. The van der Waals surface area contributed by atoms with Gasteiger partial charge in [0, 0.05) is 36.1 Å². The van der Waals surface area contributed by atoms with E-state index < -0.39 is 0 Å². The zero-order chi connectivity index (χ0) is 41.3. The zero-order valence-corrected chi connectivity index (χ0v) is 32.9. The lowest BCUT2D eigenvalue weighted by molar-refractivity contribution is -0.143. The molecule has 5 aromatic carbocycles. The number of ether oxygens (including phenoxy) is 8. The summed E-state index contributed by atoms with van der Waals surface area (Å²) in [4.78, 5) is 35.6. The van der Waals surface area contributed by atoms with Crippen molar-refractivity contribution >= 4 is 17.7 Å². The van der Waals surface area contributed by atoms with Gasteiger partial charge in [0.25, 0.3) is 0 Å². The van der Waals surface area contributed by atoms with Gasteiger partial charge in [0.1, 0.15) is 37.9 Å². The van der Waals surface area contributed by atoms with Crippen molar-refractivity contribution in [3.05, 3.63) is 120 Å². The Balaban J connectivity index is 1.28. The van der Waals surface area contributed by atoms with Gasteiger partial charge in [-0.3, -0.25) is 14.4 Å². The number of benzene rings is 5. The fourth-order valence-corrected chi connectivity index (χ4v) is 5.91. The first-order valence-electron chi connectivity index (χ1n) is 18.5. The van der Waals surface area contributed by atoms with Crippen LogP contribution < -0.4 is 18.9 Å². The van der Waals surface area contributed by atoms with E-state index in [1.807, 2.05) is 60.7 Å². The molecule has 0 spiro atoms. The minimum Gasteiger partial charge on any atom is -0.496 e. The summed E-state index contributed by atoms with van der Waals surface area (Å²) in [7, 11) is 3.25. The Morgan fingerprint density at radius 2 is 0.931 bits per heavy atom. The standard InChI is InChI=1S/C46H45NO11/c1-31(48)55-23-19-53-21-25-57-42-18-15-39(29-45(42)58-26-22-54-20-24-56-32(2)49)46(50)36-11-9-35(10-12-36)41-17-14-38(28-44(41)52-4)37-13-16-40(43(27-37)51-3)34-7-5-33(30-47)6-8-34/h5-18,27-29H,19-26H2,1-4H3. The summed E-state index contributed by atoms with van der Waals surface area (Å²) in [6.45, 7) is 4.18. The molecule has 0 fully saturated rings. The molecular weight excluding hydrogens is 743 g/mol. The highest BCUT2D eigenvalue weighted by molar-refractivity contribution is 6.09. The van der Waals surface area contributed by atoms with Crippen LogP contribution in [0.25, 0.3) is 33.4 Å². The third kappa shape index (κ3) is 11.9. The lowest BCUT2D eigenvalue weighted by Gasteiger charge is -2.15. The van der Waals surface area contributed by atoms with Gasteiger partial charge in [-0.25, -0.2) is 0 Å². The minimum absolute atomic E-state index is 0.134. The first kappa shape index (κ1) is 42.5. The highest BCUT2D eigenvalue weighted by Gasteiger charge is 2.16. The van der Waals surface area contributed by atoms with Crippen LogP contribution in [0.3, 0.4) is 0 Å². The number of nitrogens with zero attached hydrogens (tertiary/aromatic N) is 1. The average Bonchev–Trinajstić information content (AvgIpc) is 3.25. The second-order valence-electron chi connectivity index (χ2n) is 12.7. The van der Waals surface area contributed by atoms with Crippen LogP contribution in [-0.2, 0) is 28.5 Å². The largest absolute Gasteiger partial charge is 0.496 e. The summed E-state index contributed by atoms with van der Waals surface area (Å²) in [5.74, 6) is 1.14. The molecule has 0 amide bonds. The lowest BCUT2D eigenvalue weighted by atomic mass is 9.95. The molecule has 12 nitrogen and oxygen atoms in total. The molecular formula is C46H45NO11. The van der Waals surface area contributed by atoms with E-state index in [0.717, 1.165) is 33.4 Å². The van der Waals surface area contributed by atoms with Gasteiger partial charge in [-0.15, -0.1) is 0 Å². The molecule has 0 aromatic heterocycles. The predicted molar refractivity (Wildman–Crippen MR) is 216 cm³/mol. The molecule has 0 aliphatic carbocycles. The van der Waals surface area contributed by atoms with Crippen LogP contribution in [-0.4, -0.2) is 84.8 Å². The molecule has 0 aliphatic heterocycles. The van der Waals surface area contributed by atoms with E-state index in [0.29, 0.717) is 39.7 Å². The molecule has 0 atom stereocenters. The second-order valence-corrected chi connectivity index (χ2v) is 12.7. The van der Waals surface area contributed by atoms with Gasteiger partial charge in [-0.1, -0.05) is 60.7 Å². The van der Waals surface area contributed by atoms with E-state index in [1.54, 1.807) is 56.7 Å². The summed E-state index contributed by atoms with van der Waals surface area (Å²) in [6.07, 6.45) is 0. The van der Waals surface area contributed by atoms with Crippen LogP contribution >= 0.6 is 0 Å². The third-order valence-corrected chi connectivity index (χ3v) is 8.76. The summed E-state index contributed by atoms with van der Waals surface area (Å²) in [5.41, 5.74) is 6.92. The Labute approximate surface area is 337 Å². The number of hydrogen-bond donors (Lipinski definition) is 0. The SMILES string of the molecule is COc1cc(-c2ccc(-c3ccc(C(=O)c4ccc(OCCOCCOC(C)=O)c(OCCOCCOC(C)=O)c4)cc3)c(OC)c2)ccc1-c1ccc(C#N)cc1. The van der Waals surface area contributed by atoms with Gasteiger partial charge in [-0.05, 0) is 64.7 Å². The van der Waals surface area contributed by atoms with E-state index in [2.05, 4.69) is 6.07 Å². The first-order valence-corrected chi connectivity index (χ1v) is 18.5. The molecule has 5 rings (SSSR count). The smallest absolute Gasteiger partial charge is 0.302 e. The monoisotopic (exact) mass is 787 g/mol. The second kappa shape index (κ2) is 21.6. The van der Waals surface area contributed by atoms with Crippen molar-refractivity contribution in [1.82, 2.24) is 0 Å². The van der Waals surface area contributed by atoms with Crippen molar-refractivity contribution in [2.45, 2.75) is 13.8 Å². The van der Waals surface area contributed by atoms with Crippen LogP contribution in [0.15, 0.2) is 103 Å². The Kier molecular flexibility index (Phi) is 15.8. The van der Waals surface area contributed by atoms with Crippen molar-refractivity contribution in [1.29, 1.82) is 5.26 Å². The Hall–Kier alpha value is -6.68. The van der Waals surface area contributed by atoms with E-state index in [1.165, 1.54) is 13.8 Å². The lowest BCUT2D eigenvalue weighted by Crippen LogP contribution is -2.14. The van der Waals surface area contributed by atoms with Gasteiger partial charge in [0.2, 0.25) is 0 Å². The van der Waals surface area contributed by atoms with Gasteiger partial charge in [-0.2, -0.15) is 5.26 Å². The maximum atomic E-state index is 13.7. The first-order chi connectivity index (χ1) is 28.2. The number of esters is 2. The Morgan fingerprint density at radius 1 is 0.483 bits per heavy atom. The molecule has 0 aliphatic rings. The molecule has 0 radical (unpaired) electrons. The van der Waals surface area contributed by atoms with Crippen molar-refractivity contribution in [3.63, 3.8) is 0 Å². The van der Waals surface area contributed by atoms with Crippen LogP contribution in [0.1, 0.15) is 35.3 Å². The van der Waals surface area contributed by atoms with Crippen LogP contribution in [0.5, 0.6) is 23.0 Å². The van der Waals surface area contributed by atoms with Crippen molar-refractivity contribution in [2.75, 3.05) is 67.1 Å². The predicted octanol–water partition coefficient (Wildman–Crippen LogP) is 7.72. The van der Waals surface area contributed by atoms with E-state index in [9.17, 15) is 14.4 Å². The van der Waals surface area contributed by atoms with Gasteiger partial charge in [0.15, 0.2) is 17.3 Å². The fourth-order valence-electron chi connectivity index (χ4n) is 5.91. The molecule has 300 valence electrons. The van der Waals surface area contributed by atoms with Gasteiger partial charge in [0.05, 0.1) is 52.3 Å². The number of nitriles is 1. The van der Waals surface area contributed by atoms with E-state index >= 15 is 0 Å². The molecule has 0 bridgehead atoms. The summed E-state index contributed by atoms with van der Waals surface area (Å²) in [6, 6.07) is 33.7. The molecule has 12 heteroatoms. The van der Waals surface area contributed by atoms with Crippen molar-refractivity contribution in [3.8, 4) is 62.4 Å². The van der Waals surface area contributed by atoms with Gasteiger partial charge < -0.3 is 37.9 Å². The Morgan fingerprint density at radius 3 is 1.41 bits per heavy atom. The number of carbonyl (C=O) groups excluding carboxylic acids is 3. The maximum Gasteiger partial charge on any atom is 0.302 e. The van der Waals surface area contributed by atoms with E-state index in [-0.39, 0.29) is 70.6 Å². The maximum absolute atomic E-state index is 13.7. The molecule has 5 aromatic rings. The highest BCUT2D eigenvalue weighted by atomic mass is 16.6. The number of hydrogen-bond acceptors (Lipinski definition) is 12. The molecule has 0 heterocycles. The van der Waals surface area contributed by atoms with Crippen LogP contribution in [0.2, 0.25) is 0 Å². The van der Waals surface area contributed by atoms with Gasteiger partial charge >= 0.3 is 11.9 Å². The quantitative estimate of drug-likeness (QED) is 0.0407. The molecule has 58 heavy (non-hydrogen) atoms. The van der Waals surface area contributed by atoms with Crippen molar-refractivity contribution in [2.24, 2.45) is 0 Å². The summed E-state index contributed by atoms with van der Waals surface area (Å²) < 4.78 is 44.1. The van der Waals surface area contributed by atoms with Crippen molar-refractivity contribution < 1.29 is 52.3 Å². The molecule has 0 saturated carbocycles. The molecule has 0 unspecified atom stereocenters. The molecule has 0 N–H and O–H groups in total.